The van der Waals surface area contributed by atoms with E-state index in [1.165, 1.54) is 0 Å². The van der Waals surface area contributed by atoms with E-state index in [0.29, 0.717) is 12.8 Å². The molecule has 1 aromatic carbocycles. The Morgan fingerprint density at radius 3 is 2.71 bits per heavy atom. The maximum atomic E-state index is 12.0. The second-order valence-electron chi connectivity index (χ2n) is 4.13. The summed E-state index contributed by atoms with van der Waals surface area (Å²) in [6.45, 7) is 0. The second kappa shape index (κ2) is 4.94. The van der Waals surface area contributed by atoms with Gasteiger partial charge in [-0.1, -0.05) is 0 Å². The molecule has 0 atom stereocenters. The second-order valence-corrected chi connectivity index (χ2v) is 6.23. The van der Waals surface area contributed by atoms with Crippen LogP contribution in [0.15, 0.2) is 22.7 Å². The molecule has 1 aliphatic carbocycles. The van der Waals surface area contributed by atoms with Gasteiger partial charge in [-0.3, -0.25) is 4.79 Å². The quantitative estimate of drug-likeness (QED) is 0.764. The number of nitrogens with zero attached hydrogens (tertiary/aromatic N) is 1. The number of benzene rings is 1. The van der Waals surface area contributed by atoms with Crippen molar-refractivity contribution in [2.45, 2.75) is 19.3 Å². The Balaban J connectivity index is 2.16. The molecule has 17 heavy (non-hydrogen) atoms. The minimum Gasteiger partial charge on any atom is -0.324 e. The average molecular weight is 405 g/mol. The van der Waals surface area contributed by atoms with Gasteiger partial charge in [-0.2, -0.15) is 5.26 Å². The fourth-order valence-electron chi connectivity index (χ4n) is 1.75. The Morgan fingerprint density at radius 1 is 1.53 bits per heavy atom. The molecule has 0 spiro atoms. The first-order valence-corrected chi connectivity index (χ1v) is 7.12. The largest absolute Gasteiger partial charge is 0.324 e. The average Bonchev–Trinajstić information content (AvgIpc) is 2.21. The zero-order valence-corrected chi connectivity index (χ0v) is 12.7. The number of halogens is 2. The molecule has 1 aliphatic rings. The van der Waals surface area contributed by atoms with Gasteiger partial charge < -0.3 is 5.32 Å². The van der Waals surface area contributed by atoms with Gasteiger partial charge in [0.1, 0.15) is 5.41 Å². The first kappa shape index (κ1) is 12.8. The summed E-state index contributed by atoms with van der Waals surface area (Å²) in [5, 5.41) is 11.9. The molecular formula is C12H10BrIN2O. The van der Waals surface area contributed by atoms with Crippen LogP contribution in [-0.4, -0.2) is 5.91 Å². The van der Waals surface area contributed by atoms with E-state index in [9.17, 15) is 4.79 Å². The van der Waals surface area contributed by atoms with Crippen LogP contribution in [-0.2, 0) is 4.79 Å². The predicted octanol–water partition coefficient (Wildman–Crippen LogP) is 3.69. The molecule has 1 N–H and O–H groups in total. The van der Waals surface area contributed by atoms with Gasteiger partial charge >= 0.3 is 0 Å². The van der Waals surface area contributed by atoms with E-state index in [4.69, 9.17) is 5.26 Å². The van der Waals surface area contributed by atoms with E-state index >= 15 is 0 Å². The Labute approximate surface area is 122 Å². The number of nitrogens with one attached hydrogen (secondary N) is 1. The van der Waals surface area contributed by atoms with E-state index in [0.717, 1.165) is 20.2 Å². The molecule has 0 bridgehead atoms. The van der Waals surface area contributed by atoms with E-state index in [2.05, 4.69) is 49.9 Å². The smallest absolute Gasteiger partial charge is 0.244 e. The maximum Gasteiger partial charge on any atom is 0.244 e. The number of hydrogen-bond donors (Lipinski definition) is 1. The van der Waals surface area contributed by atoms with Crippen molar-refractivity contribution in [2.75, 3.05) is 5.32 Å². The first-order chi connectivity index (χ1) is 8.07. The molecule has 3 nitrogen and oxygen atoms in total. The third-order valence-electron chi connectivity index (χ3n) is 3.04. The standard InChI is InChI=1S/C12H10BrIN2O/c13-9-6-8(14)2-3-10(9)16-11(17)12(7-15)4-1-5-12/h2-3,6H,1,4-5H2,(H,16,17). The van der Waals surface area contributed by atoms with Crippen LogP contribution in [0.1, 0.15) is 19.3 Å². The fourth-order valence-corrected chi connectivity index (χ4v) is 3.15. The summed E-state index contributed by atoms with van der Waals surface area (Å²) in [5.74, 6) is -0.187. The van der Waals surface area contributed by atoms with Crippen molar-refractivity contribution in [3.8, 4) is 6.07 Å². The molecule has 1 saturated carbocycles. The summed E-state index contributed by atoms with van der Waals surface area (Å²) in [6.07, 6.45) is 2.28. The molecule has 2 rings (SSSR count). The highest BCUT2D eigenvalue weighted by Gasteiger charge is 2.44. The molecule has 0 aromatic heterocycles. The summed E-state index contributed by atoms with van der Waals surface area (Å²) >= 11 is 5.60. The van der Waals surface area contributed by atoms with Crippen LogP contribution in [0.5, 0.6) is 0 Å². The van der Waals surface area contributed by atoms with Gasteiger partial charge in [0.15, 0.2) is 0 Å². The number of anilines is 1. The molecule has 1 fully saturated rings. The SMILES string of the molecule is N#CC1(C(=O)Nc2ccc(I)cc2Br)CCC1. The number of amides is 1. The van der Waals surface area contributed by atoms with Crippen molar-refractivity contribution in [2.24, 2.45) is 5.41 Å². The highest BCUT2D eigenvalue weighted by atomic mass is 127. The van der Waals surface area contributed by atoms with Crippen molar-refractivity contribution in [3.63, 3.8) is 0 Å². The molecule has 0 aliphatic heterocycles. The van der Waals surface area contributed by atoms with Crippen LogP contribution in [0.25, 0.3) is 0 Å². The summed E-state index contributed by atoms with van der Waals surface area (Å²) in [7, 11) is 0. The van der Waals surface area contributed by atoms with Gasteiger partial charge in [-0.25, -0.2) is 0 Å². The lowest BCUT2D eigenvalue weighted by Crippen LogP contribution is -2.40. The number of rotatable bonds is 2. The maximum absolute atomic E-state index is 12.0. The van der Waals surface area contributed by atoms with Crippen molar-refractivity contribution in [1.82, 2.24) is 0 Å². The molecular weight excluding hydrogens is 395 g/mol. The van der Waals surface area contributed by atoms with Crippen LogP contribution in [0, 0.1) is 20.3 Å². The van der Waals surface area contributed by atoms with Crippen molar-refractivity contribution in [1.29, 1.82) is 5.26 Å². The third-order valence-corrected chi connectivity index (χ3v) is 4.36. The van der Waals surface area contributed by atoms with Crippen LogP contribution >= 0.6 is 38.5 Å². The summed E-state index contributed by atoms with van der Waals surface area (Å²) in [5.41, 5.74) is -0.0837. The lowest BCUT2D eigenvalue weighted by atomic mass is 9.69. The summed E-state index contributed by atoms with van der Waals surface area (Å²) in [4.78, 5) is 12.0. The van der Waals surface area contributed by atoms with Gasteiger partial charge in [0.05, 0.1) is 11.8 Å². The zero-order valence-electron chi connectivity index (χ0n) is 8.96. The molecule has 88 valence electrons. The van der Waals surface area contributed by atoms with Crippen molar-refractivity contribution in [3.05, 3.63) is 26.2 Å². The van der Waals surface area contributed by atoms with Gasteiger partial charge in [0.2, 0.25) is 5.91 Å². The number of hydrogen-bond acceptors (Lipinski definition) is 2. The Kier molecular flexibility index (Phi) is 3.73. The van der Waals surface area contributed by atoms with E-state index < -0.39 is 5.41 Å². The molecule has 0 heterocycles. The zero-order chi connectivity index (χ0) is 12.5. The highest BCUT2D eigenvalue weighted by Crippen LogP contribution is 2.41. The molecule has 0 saturated heterocycles. The van der Waals surface area contributed by atoms with Gasteiger partial charge in [0.25, 0.3) is 0 Å². The monoisotopic (exact) mass is 404 g/mol. The van der Waals surface area contributed by atoms with Crippen LogP contribution in [0.4, 0.5) is 5.69 Å². The normalized spacial score (nSPS) is 16.8. The molecule has 5 heteroatoms. The highest BCUT2D eigenvalue weighted by molar-refractivity contribution is 14.1. The molecule has 1 amide bonds. The van der Waals surface area contributed by atoms with Crippen molar-refractivity contribution >= 4 is 50.1 Å². The van der Waals surface area contributed by atoms with Gasteiger partial charge in [-0.05, 0) is 76.0 Å². The van der Waals surface area contributed by atoms with E-state index in [1.54, 1.807) is 0 Å². The van der Waals surface area contributed by atoms with E-state index in [-0.39, 0.29) is 5.91 Å². The van der Waals surface area contributed by atoms with Gasteiger partial charge in [-0.15, -0.1) is 0 Å². The van der Waals surface area contributed by atoms with Crippen LogP contribution in [0.2, 0.25) is 0 Å². The Hall–Kier alpha value is -0.610. The summed E-state index contributed by atoms with van der Waals surface area (Å²) in [6, 6.07) is 7.82. The van der Waals surface area contributed by atoms with Crippen LogP contribution < -0.4 is 5.32 Å². The van der Waals surface area contributed by atoms with Crippen molar-refractivity contribution < 1.29 is 4.79 Å². The number of nitriles is 1. The molecule has 1 aromatic rings. The number of carbonyl (C=O) groups is 1. The molecule has 0 radical (unpaired) electrons. The minimum atomic E-state index is -0.803. The topological polar surface area (TPSA) is 52.9 Å². The predicted molar refractivity (Wildman–Crippen MR) is 77.4 cm³/mol. The lowest BCUT2D eigenvalue weighted by Gasteiger charge is -2.33. The molecule has 0 unspecified atom stereocenters. The fraction of sp³-hybridized carbons (Fsp3) is 0.333. The lowest BCUT2D eigenvalue weighted by molar-refractivity contribution is -0.126. The first-order valence-electron chi connectivity index (χ1n) is 5.25. The minimum absolute atomic E-state index is 0.187. The van der Waals surface area contributed by atoms with Crippen LogP contribution in [0.3, 0.4) is 0 Å². The van der Waals surface area contributed by atoms with Gasteiger partial charge in [0, 0.05) is 8.04 Å². The number of carbonyl (C=O) groups excluding carboxylic acids is 1. The Morgan fingerprint density at radius 2 is 2.24 bits per heavy atom. The summed E-state index contributed by atoms with van der Waals surface area (Å²) < 4.78 is 1.93. The Bertz CT molecular complexity index is 506. The van der Waals surface area contributed by atoms with E-state index in [1.807, 2.05) is 18.2 Å². The third kappa shape index (κ3) is 2.47.